The number of nitrogens with zero attached hydrogens (tertiary/aromatic N) is 1. The second-order valence-corrected chi connectivity index (χ2v) is 6.15. The van der Waals surface area contributed by atoms with Gasteiger partial charge in [0, 0.05) is 18.9 Å². The minimum atomic E-state index is -0.916. The van der Waals surface area contributed by atoms with E-state index in [0.717, 1.165) is 17.7 Å². The van der Waals surface area contributed by atoms with Crippen LogP contribution in [0.4, 0.5) is 18.9 Å². The van der Waals surface area contributed by atoms with Crippen LogP contribution < -0.4 is 10.6 Å². The topological polar surface area (TPSA) is 71.1 Å². The number of nitrogens with one attached hydrogen (secondary N) is 2. The van der Waals surface area contributed by atoms with Crippen molar-refractivity contribution in [2.45, 2.75) is 6.42 Å². The number of pyridine rings is 1. The normalized spacial score (nSPS) is 10.4. The van der Waals surface area contributed by atoms with Crippen LogP contribution in [0.15, 0.2) is 60.9 Å². The molecule has 0 unspecified atom stereocenters. The monoisotopic (exact) mass is 399 g/mol. The molecule has 0 aliphatic heterocycles. The van der Waals surface area contributed by atoms with E-state index in [1.807, 2.05) is 0 Å². The molecule has 0 saturated carbocycles. The number of para-hydroxylation sites is 1. The lowest BCUT2D eigenvalue weighted by molar-refractivity contribution is 0.0953. The van der Waals surface area contributed by atoms with Gasteiger partial charge in [-0.15, -0.1) is 0 Å². The standard InChI is InChI=1S/C21H16F3N3O2/c22-16-6-4-13(5-7-16)8-9-26-20(28)14-10-15(12-25-11-14)21(29)27-19-17(23)2-1-3-18(19)24/h1-7,10-12H,8-9H2,(H,26,28)(H,27,29). The molecule has 2 N–H and O–H groups in total. The van der Waals surface area contributed by atoms with E-state index in [9.17, 15) is 22.8 Å². The molecule has 0 saturated heterocycles. The van der Waals surface area contributed by atoms with Gasteiger partial charge in [-0.25, -0.2) is 13.2 Å². The van der Waals surface area contributed by atoms with Gasteiger partial charge in [0.25, 0.3) is 11.8 Å². The third-order valence-corrected chi connectivity index (χ3v) is 4.08. The lowest BCUT2D eigenvalue weighted by atomic mass is 10.1. The molecule has 1 heterocycles. The second kappa shape index (κ2) is 9.01. The van der Waals surface area contributed by atoms with Gasteiger partial charge in [0.05, 0.1) is 11.1 Å². The number of hydrogen-bond donors (Lipinski definition) is 2. The first-order valence-electron chi connectivity index (χ1n) is 8.67. The summed E-state index contributed by atoms with van der Waals surface area (Å²) in [6.07, 6.45) is 2.95. The average molecular weight is 399 g/mol. The summed E-state index contributed by atoms with van der Waals surface area (Å²) in [6, 6.07) is 10.4. The third kappa shape index (κ3) is 5.19. The van der Waals surface area contributed by atoms with Gasteiger partial charge in [-0.2, -0.15) is 0 Å². The van der Waals surface area contributed by atoms with E-state index >= 15 is 0 Å². The zero-order valence-electron chi connectivity index (χ0n) is 15.1. The van der Waals surface area contributed by atoms with E-state index < -0.39 is 29.1 Å². The Bertz CT molecular complexity index is 1020. The smallest absolute Gasteiger partial charge is 0.257 e. The van der Waals surface area contributed by atoms with E-state index in [-0.39, 0.29) is 16.9 Å². The molecule has 1 aromatic heterocycles. The predicted octanol–water partition coefficient (Wildman–Crippen LogP) is 3.72. The van der Waals surface area contributed by atoms with Crippen molar-refractivity contribution in [1.29, 1.82) is 0 Å². The van der Waals surface area contributed by atoms with E-state index in [1.54, 1.807) is 12.1 Å². The number of benzene rings is 2. The summed E-state index contributed by atoms with van der Waals surface area (Å²) >= 11 is 0. The van der Waals surface area contributed by atoms with Crippen LogP contribution >= 0.6 is 0 Å². The van der Waals surface area contributed by atoms with Crippen LogP contribution in [0.1, 0.15) is 26.3 Å². The van der Waals surface area contributed by atoms with Crippen LogP contribution in [0, 0.1) is 17.5 Å². The molecule has 3 rings (SSSR count). The highest BCUT2D eigenvalue weighted by Gasteiger charge is 2.15. The molecule has 0 spiro atoms. The Morgan fingerprint density at radius 1 is 0.862 bits per heavy atom. The molecule has 148 valence electrons. The van der Waals surface area contributed by atoms with Gasteiger partial charge in [-0.3, -0.25) is 14.6 Å². The molecule has 0 atom stereocenters. The van der Waals surface area contributed by atoms with Crippen molar-refractivity contribution in [2.75, 3.05) is 11.9 Å². The molecule has 8 heteroatoms. The first kappa shape index (κ1) is 20.1. The minimum Gasteiger partial charge on any atom is -0.352 e. The van der Waals surface area contributed by atoms with Gasteiger partial charge in [0.15, 0.2) is 0 Å². The molecule has 29 heavy (non-hydrogen) atoms. The number of halogens is 3. The Morgan fingerprint density at radius 3 is 2.14 bits per heavy atom. The van der Waals surface area contributed by atoms with Gasteiger partial charge in [-0.1, -0.05) is 18.2 Å². The van der Waals surface area contributed by atoms with Crippen molar-refractivity contribution in [3.8, 4) is 0 Å². The zero-order valence-corrected chi connectivity index (χ0v) is 15.1. The highest BCUT2D eigenvalue weighted by molar-refractivity contribution is 6.05. The fourth-order valence-electron chi connectivity index (χ4n) is 2.56. The Labute approximate surface area is 164 Å². The number of carbonyl (C=O) groups is 2. The fourth-order valence-corrected chi connectivity index (χ4v) is 2.56. The lowest BCUT2D eigenvalue weighted by Gasteiger charge is -2.09. The molecule has 2 aromatic carbocycles. The summed E-state index contributed by atoms with van der Waals surface area (Å²) in [5.74, 6) is -3.44. The first-order valence-corrected chi connectivity index (χ1v) is 8.67. The van der Waals surface area contributed by atoms with Crippen molar-refractivity contribution >= 4 is 17.5 Å². The number of rotatable bonds is 6. The molecule has 2 amide bonds. The fraction of sp³-hybridized carbons (Fsp3) is 0.0952. The van der Waals surface area contributed by atoms with Gasteiger partial charge in [0.2, 0.25) is 0 Å². The van der Waals surface area contributed by atoms with Crippen molar-refractivity contribution in [1.82, 2.24) is 10.3 Å². The van der Waals surface area contributed by atoms with Gasteiger partial charge in [0.1, 0.15) is 23.1 Å². The van der Waals surface area contributed by atoms with Crippen molar-refractivity contribution in [3.05, 3.63) is 95.1 Å². The van der Waals surface area contributed by atoms with Crippen molar-refractivity contribution in [3.63, 3.8) is 0 Å². The zero-order chi connectivity index (χ0) is 20.8. The molecule has 0 radical (unpaired) electrons. The van der Waals surface area contributed by atoms with Crippen molar-refractivity contribution < 1.29 is 22.8 Å². The number of hydrogen-bond acceptors (Lipinski definition) is 3. The van der Waals surface area contributed by atoms with E-state index in [4.69, 9.17) is 0 Å². The molecule has 0 bridgehead atoms. The maximum Gasteiger partial charge on any atom is 0.257 e. The summed E-state index contributed by atoms with van der Waals surface area (Å²) in [7, 11) is 0. The summed E-state index contributed by atoms with van der Waals surface area (Å²) in [5.41, 5.74) is 0.362. The number of aromatic nitrogens is 1. The Kier molecular flexibility index (Phi) is 6.23. The summed E-state index contributed by atoms with van der Waals surface area (Å²) < 4.78 is 40.3. The highest BCUT2D eigenvalue weighted by atomic mass is 19.1. The van der Waals surface area contributed by atoms with Crippen molar-refractivity contribution in [2.24, 2.45) is 0 Å². The summed E-state index contributed by atoms with van der Waals surface area (Å²) in [4.78, 5) is 28.4. The Hall–Kier alpha value is -3.68. The molecule has 0 aliphatic carbocycles. The SMILES string of the molecule is O=C(NCCc1ccc(F)cc1)c1cncc(C(=O)Nc2c(F)cccc2F)c1. The first-order chi connectivity index (χ1) is 13.9. The van der Waals surface area contributed by atoms with Crippen LogP contribution in [0.3, 0.4) is 0 Å². The minimum absolute atomic E-state index is 0.0289. The van der Waals surface area contributed by atoms with E-state index in [1.165, 1.54) is 36.7 Å². The molecule has 5 nitrogen and oxygen atoms in total. The van der Waals surface area contributed by atoms with E-state index in [2.05, 4.69) is 15.6 Å². The maximum absolute atomic E-state index is 13.7. The van der Waals surface area contributed by atoms with Crippen LogP contribution in [0.2, 0.25) is 0 Å². The largest absolute Gasteiger partial charge is 0.352 e. The van der Waals surface area contributed by atoms with Crippen LogP contribution in [0.25, 0.3) is 0 Å². The number of amides is 2. The molecule has 0 fully saturated rings. The molecular formula is C21H16F3N3O2. The quantitative estimate of drug-likeness (QED) is 0.664. The number of carbonyl (C=O) groups excluding carboxylic acids is 2. The maximum atomic E-state index is 13.7. The molecule has 3 aromatic rings. The predicted molar refractivity (Wildman–Crippen MR) is 101 cm³/mol. The summed E-state index contributed by atoms with van der Waals surface area (Å²) in [6.45, 7) is 0.293. The average Bonchev–Trinajstić information content (AvgIpc) is 2.72. The molecule has 0 aliphatic rings. The Balaban J connectivity index is 1.63. The summed E-state index contributed by atoms with van der Waals surface area (Å²) in [5, 5.41) is 4.81. The number of anilines is 1. The van der Waals surface area contributed by atoms with Gasteiger partial charge in [-0.05, 0) is 42.3 Å². The van der Waals surface area contributed by atoms with Gasteiger partial charge >= 0.3 is 0 Å². The Morgan fingerprint density at radius 2 is 1.48 bits per heavy atom. The highest BCUT2D eigenvalue weighted by Crippen LogP contribution is 2.19. The molecular weight excluding hydrogens is 383 g/mol. The van der Waals surface area contributed by atoms with Crippen LogP contribution in [0.5, 0.6) is 0 Å². The van der Waals surface area contributed by atoms with Gasteiger partial charge < -0.3 is 10.6 Å². The van der Waals surface area contributed by atoms with Crippen LogP contribution in [-0.4, -0.2) is 23.3 Å². The third-order valence-electron chi connectivity index (χ3n) is 4.08. The van der Waals surface area contributed by atoms with Crippen LogP contribution in [-0.2, 0) is 6.42 Å². The second-order valence-electron chi connectivity index (χ2n) is 6.15. The van der Waals surface area contributed by atoms with E-state index in [0.29, 0.717) is 13.0 Å². The lowest BCUT2D eigenvalue weighted by Crippen LogP contribution is -2.26.